The van der Waals surface area contributed by atoms with E-state index in [1.807, 2.05) is 35.2 Å². The summed E-state index contributed by atoms with van der Waals surface area (Å²) < 4.78 is 4.54. The molecule has 0 unspecified atom stereocenters. The first kappa shape index (κ1) is 17.3. The number of urea groups is 1. The van der Waals surface area contributed by atoms with Crippen LogP contribution in [0.4, 0.5) is 4.79 Å². The molecule has 3 amide bonds. The minimum Gasteiger partial charge on any atom is -0.468 e. The number of fused-ring (bicyclic) bond motifs is 1. The van der Waals surface area contributed by atoms with Crippen molar-refractivity contribution in [3.63, 3.8) is 0 Å². The molecule has 0 bridgehead atoms. The van der Waals surface area contributed by atoms with Crippen molar-refractivity contribution in [1.29, 1.82) is 0 Å². The molecule has 7 heteroatoms. The second kappa shape index (κ2) is 7.13. The number of amides is 3. The molecule has 0 saturated carbocycles. The lowest BCUT2D eigenvalue weighted by molar-refractivity contribution is -0.139. The van der Waals surface area contributed by atoms with E-state index >= 15 is 0 Å². The van der Waals surface area contributed by atoms with Crippen molar-refractivity contribution >= 4 is 17.9 Å². The van der Waals surface area contributed by atoms with Gasteiger partial charge in [-0.2, -0.15) is 0 Å². The monoisotopic (exact) mass is 345 g/mol. The number of likely N-dealkylation sites (tertiary alicyclic amines) is 2. The fourth-order valence-corrected chi connectivity index (χ4v) is 3.94. The maximum absolute atomic E-state index is 12.3. The summed E-state index contributed by atoms with van der Waals surface area (Å²) in [7, 11) is 1.29. The molecule has 0 aliphatic carbocycles. The lowest BCUT2D eigenvalue weighted by Crippen LogP contribution is -2.43. The van der Waals surface area contributed by atoms with Crippen LogP contribution in [0.5, 0.6) is 0 Å². The average molecular weight is 345 g/mol. The van der Waals surface area contributed by atoms with Crippen LogP contribution in [0.1, 0.15) is 18.5 Å². The van der Waals surface area contributed by atoms with Crippen molar-refractivity contribution in [1.82, 2.24) is 15.1 Å². The molecule has 1 aromatic carbocycles. The highest BCUT2D eigenvalue weighted by Crippen LogP contribution is 2.44. The van der Waals surface area contributed by atoms with Gasteiger partial charge in [0.2, 0.25) is 5.91 Å². The second-order valence-electron chi connectivity index (χ2n) is 6.59. The van der Waals surface area contributed by atoms with Crippen molar-refractivity contribution in [3.8, 4) is 0 Å². The van der Waals surface area contributed by atoms with E-state index in [0.717, 1.165) is 5.56 Å². The van der Waals surface area contributed by atoms with Gasteiger partial charge >= 0.3 is 12.0 Å². The van der Waals surface area contributed by atoms with Crippen molar-refractivity contribution < 1.29 is 19.1 Å². The molecule has 7 nitrogen and oxygen atoms in total. The van der Waals surface area contributed by atoms with Crippen molar-refractivity contribution in [2.24, 2.45) is 11.8 Å². The number of carbonyl (C=O) groups is 3. The maximum Gasteiger partial charge on any atom is 0.325 e. The number of methoxy groups -OCH3 is 1. The number of esters is 1. The van der Waals surface area contributed by atoms with Gasteiger partial charge in [0.1, 0.15) is 6.54 Å². The van der Waals surface area contributed by atoms with Gasteiger partial charge in [-0.05, 0) is 5.56 Å². The second-order valence-corrected chi connectivity index (χ2v) is 6.59. The van der Waals surface area contributed by atoms with E-state index in [4.69, 9.17) is 0 Å². The van der Waals surface area contributed by atoms with Crippen LogP contribution >= 0.6 is 0 Å². The highest BCUT2D eigenvalue weighted by molar-refractivity contribution is 5.81. The predicted molar refractivity (Wildman–Crippen MR) is 90.5 cm³/mol. The normalized spacial score (nSPS) is 24.8. The first-order valence-corrected chi connectivity index (χ1v) is 8.43. The van der Waals surface area contributed by atoms with Crippen LogP contribution in [0, 0.1) is 11.8 Å². The molecule has 1 aromatic rings. The highest BCUT2D eigenvalue weighted by Gasteiger charge is 2.49. The summed E-state index contributed by atoms with van der Waals surface area (Å²) in [4.78, 5) is 39.2. The molecule has 2 aliphatic rings. The number of benzene rings is 1. The Morgan fingerprint density at radius 3 is 2.52 bits per heavy atom. The Morgan fingerprint density at radius 1 is 1.16 bits per heavy atom. The van der Waals surface area contributed by atoms with Crippen LogP contribution < -0.4 is 5.32 Å². The van der Waals surface area contributed by atoms with E-state index in [1.165, 1.54) is 7.11 Å². The van der Waals surface area contributed by atoms with Crippen molar-refractivity contribution in [2.45, 2.75) is 13.0 Å². The Bertz CT molecular complexity index is 664. The average Bonchev–Trinajstić information content (AvgIpc) is 3.17. The summed E-state index contributed by atoms with van der Waals surface area (Å²) >= 11 is 0. The number of carbonyl (C=O) groups excluding carboxylic acids is 3. The number of hydrogen-bond donors (Lipinski definition) is 1. The van der Waals surface area contributed by atoms with Crippen LogP contribution in [0.2, 0.25) is 0 Å². The largest absolute Gasteiger partial charge is 0.468 e. The minimum atomic E-state index is -0.474. The third-order valence-corrected chi connectivity index (χ3v) is 5.11. The summed E-state index contributed by atoms with van der Waals surface area (Å²) in [6.07, 6.45) is 0. The van der Waals surface area contributed by atoms with Gasteiger partial charge in [-0.1, -0.05) is 30.3 Å². The Morgan fingerprint density at radius 2 is 1.88 bits per heavy atom. The van der Waals surface area contributed by atoms with Crippen LogP contribution in [-0.2, 0) is 14.3 Å². The molecule has 0 radical (unpaired) electrons. The van der Waals surface area contributed by atoms with Gasteiger partial charge in [0.25, 0.3) is 0 Å². The number of nitrogens with one attached hydrogen (secondary N) is 1. The molecule has 0 aromatic heterocycles. The highest BCUT2D eigenvalue weighted by atomic mass is 16.5. The summed E-state index contributed by atoms with van der Waals surface area (Å²) in [6, 6.07) is 9.68. The van der Waals surface area contributed by atoms with Gasteiger partial charge in [0.15, 0.2) is 0 Å². The van der Waals surface area contributed by atoms with E-state index in [2.05, 4.69) is 10.1 Å². The van der Waals surface area contributed by atoms with Crippen LogP contribution in [-0.4, -0.2) is 61.0 Å². The minimum absolute atomic E-state index is 0.0119. The zero-order valence-electron chi connectivity index (χ0n) is 14.5. The van der Waals surface area contributed by atoms with Gasteiger partial charge in [0, 0.05) is 38.4 Å². The molecule has 3 rings (SSSR count). The van der Waals surface area contributed by atoms with E-state index < -0.39 is 5.97 Å². The first-order chi connectivity index (χ1) is 12.0. The van der Waals surface area contributed by atoms with Gasteiger partial charge in [-0.3, -0.25) is 9.59 Å². The molecule has 25 heavy (non-hydrogen) atoms. The molecule has 1 N–H and O–H groups in total. The Hall–Kier alpha value is -2.57. The molecule has 0 spiro atoms. The fraction of sp³-hybridized carbons (Fsp3) is 0.500. The molecular weight excluding hydrogens is 322 g/mol. The Balaban J connectivity index is 1.71. The molecule has 2 saturated heterocycles. The van der Waals surface area contributed by atoms with Gasteiger partial charge in [0.05, 0.1) is 13.2 Å². The SMILES string of the molecule is COC(=O)CNC(=O)N1C[C@@H]2CN(C(C)=O)[C@@H](c3ccccc3)[C@@H]2C1. The lowest BCUT2D eigenvalue weighted by Gasteiger charge is -2.29. The lowest BCUT2D eigenvalue weighted by atomic mass is 9.89. The molecule has 2 fully saturated rings. The third-order valence-electron chi connectivity index (χ3n) is 5.11. The van der Waals surface area contributed by atoms with E-state index in [9.17, 15) is 14.4 Å². The van der Waals surface area contributed by atoms with Crippen LogP contribution in [0.3, 0.4) is 0 Å². The third kappa shape index (κ3) is 3.45. The van der Waals surface area contributed by atoms with Gasteiger partial charge in [-0.15, -0.1) is 0 Å². The van der Waals surface area contributed by atoms with E-state index in [1.54, 1.807) is 11.8 Å². The summed E-state index contributed by atoms with van der Waals surface area (Å²) in [5.41, 5.74) is 1.10. The fourth-order valence-electron chi connectivity index (χ4n) is 3.94. The van der Waals surface area contributed by atoms with Crippen molar-refractivity contribution in [3.05, 3.63) is 35.9 Å². The van der Waals surface area contributed by atoms with Gasteiger partial charge < -0.3 is 19.9 Å². The maximum atomic E-state index is 12.3. The van der Waals surface area contributed by atoms with Crippen LogP contribution in [0.15, 0.2) is 30.3 Å². The smallest absolute Gasteiger partial charge is 0.325 e. The zero-order valence-corrected chi connectivity index (χ0v) is 14.5. The van der Waals surface area contributed by atoms with Crippen LogP contribution in [0.25, 0.3) is 0 Å². The topological polar surface area (TPSA) is 79.0 Å². The number of rotatable bonds is 3. The Kier molecular flexibility index (Phi) is 4.92. The van der Waals surface area contributed by atoms with E-state index in [-0.39, 0.29) is 36.4 Å². The van der Waals surface area contributed by atoms with E-state index in [0.29, 0.717) is 19.6 Å². The summed E-state index contributed by atoms with van der Waals surface area (Å²) in [6.45, 7) is 3.27. The van der Waals surface area contributed by atoms with Crippen molar-refractivity contribution in [2.75, 3.05) is 33.3 Å². The first-order valence-electron chi connectivity index (χ1n) is 8.43. The predicted octanol–water partition coefficient (Wildman–Crippen LogP) is 1.02. The molecule has 2 aliphatic heterocycles. The molecule has 134 valence electrons. The number of hydrogen-bond acceptors (Lipinski definition) is 4. The number of ether oxygens (including phenoxy) is 1. The molecular formula is C18H23N3O4. The quantitative estimate of drug-likeness (QED) is 0.830. The number of nitrogens with zero attached hydrogens (tertiary/aromatic N) is 2. The Labute approximate surface area is 146 Å². The summed E-state index contributed by atoms with van der Waals surface area (Å²) in [5, 5.41) is 2.59. The zero-order chi connectivity index (χ0) is 18.0. The molecule has 3 atom stereocenters. The summed E-state index contributed by atoms with van der Waals surface area (Å²) in [5.74, 6) is 0.0377. The van der Waals surface area contributed by atoms with Gasteiger partial charge in [-0.25, -0.2) is 4.79 Å². The molecule has 2 heterocycles. The standard InChI is InChI=1S/C18H23N3O4/c1-12(22)21-10-14-9-20(18(24)19-8-16(23)25-2)11-15(14)17(21)13-6-4-3-5-7-13/h3-7,14-15,17H,8-11H2,1-2H3,(H,19,24)/t14-,15-,17+/m1/s1.